The van der Waals surface area contributed by atoms with Crippen LogP contribution in [0.25, 0.3) is 0 Å². The third-order valence-corrected chi connectivity index (χ3v) is 3.79. The first kappa shape index (κ1) is 15.4. The lowest BCUT2D eigenvalue weighted by Crippen LogP contribution is -2.30. The zero-order valence-electron chi connectivity index (χ0n) is 10.3. The van der Waals surface area contributed by atoms with Gasteiger partial charge in [0.1, 0.15) is 11.6 Å². The van der Waals surface area contributed by atoms with Gasteiger partial charge in [-0.1, -0.05) is 39.7 Å². The predicted octanol–water partition coefficient (Wildman–Crippen LogP) is 4.13. The maximum absolute atomic E-state index is 13.9. The second-order valence-corrected chi connectivity index (χ2v) is 5.66. The van der Waals surface area contributed by atoms with Crippen molar-refractivity contribution in [1.82, 2.24) is 5.43 Å². The first-order valence-corrected chi connectivity index (χ1v) is 7.03. The van der Waals surface area contributed by atoms with Crippen molar-refractivity contribution in [3.8, 4) is 0 Å². The molecule has 0 fully saturated rings. The van der Waals surface area contributed by atoms with Crippen LogP contribution in [0.3, 0.4) is 0 Å². The predicted molar refractivity (Wildman–Crippen MR) is 79.3 cm³/mol. The van der Waals surface area contributed by atoms with Crippen molar-refractivity contribution >= 4 is 27.5 Å². The zero-order valence-corrected chi connectivity index (χ0v) is 12.7. The summed E-state index contributed by atoms with van der Waals surface area (Å²) in [6.07, 6.45) is 0.432. The van der Waals surface area contributed by atoms with Crippen molar-refractivity contribution in [2.75, 3.05) is 0 Å². The van der Waals surface area contributed by atoms with Crippen LogP contribution in [-0.2, 0) is 6.42 Å². The third-order valence-electron chi connectivity index (χ3n) is 2.97. The molecule has 0 aliphatic heterocycles. The number of benzene rings is 2. The van der Waals surface area contributed by atoms with Crippen LogP contribution < -0.4 is 11.3 Å². The van der Waals surface area contributed by atoms with E-state index in [0.29, 0.717) is 6.42 Å². The Morgan fingerprint density at radius 3 is 2.40 bits per heavy atom. The van der Waals surface area contributed by atoms with Gasteiger partial charge >= 0.3 is 0 Å². The van der Waals surface area contributed by atoms with Crippen LogP contribution in [0.1, 0.15) is 17.2 Å². The van der Waals surface area contributed by atoms with E-state index in [1.807, 2.05) is 24.3 Å². The van der Waals surface area contributed by atoms with Crippen molar-refractivity contribution in [2.24, 2.45) is 5.84 Å². The van der Waals surface area contributed by atoms with Gasteiger partial charge < -0.3 is 0 Å². The summed E-state index contributed by atoms with van der Waals surface area (Å²) >= 11 is 8.88. The van der Waals surface area contributed by atoms with E-state index >= 15 is 0 Å². The Balaban J connectivity index is 2.28. The van der Waals surface area contributed by atoms with Crippen LogP contribution in [0.15, 0.2) is 40.9 Å². The van der Waals surface area contributed by atoms with Gasteiger partial charge in [0.05, 0.1) is 11.1 Å². The second kappa shape index (κ2) is 6.63. The van der Waals surface area contributed by atoms with E-state index in [2.05, 4.69) is 21.4 Å². The number of halogens is 4. The van der Waals surface area contributed by atoms with E-state index in [-0.39, 0.29) is 10.6 Å². The molecule has 2 aromatic rings. The van der Waals surface area contributed by atoms with Crippen LogP contribution in [0.5, 0.6) is 0 Å². The molecule has 0 aliphatic rings. The minimum absolute atomic E-state index is 0.150. The molecule has 0 heterocycles. The highest BCUT2D eigenvalue weighted by Crippen LogP contribution is 2.26. The summed E-state index contributed by atoms with van der Waals surface area (Å²) in [7, 11) is 0. The Labute approximate surface area is 129 Å². The molecule has 20 heavy (non-hydrogen) atoms. The summed E-state index contributed by atoms with van der Waals surface area (Å²) in [6.45, 7) is 0. The van der Waals surface area contributed by atoms with E-state index < -0.39 is 17.7 Å². The van der Waals surface area contributed by atoms with Crippen molar-refractivity contribution in [1.29, 1.82) is 0 Å². The minimum atomic E-state index is -0.667. The van der Waals surface area contributed by atoms with Gasteiger partial charge in [0, 0.05) is 10.0 Å². The summed E-state index contributed by atoms with van der Waals surface area (Å²) in [5.74, 6) is 4.20. The highest BCUT2D eigenvalue weighted by atomic mass is 79.9. The molecule has 0 aromatic heterocycles. The molecule has 0 aliphatic carbocycles. The Bertz CT molecular complexity index is 605. The van der Waals surface area contributed by atoms with Crippen molar-refractivity contribution in [2.45, 2.75) is 12.5 Å². The van der Waals surface area contributed by atoms with Gasteiger partial charge in [-0.15, -0.1) is 0 Å². The molecular formula is C14H12BrClF2N2. The molecule has 2 rings (SSSR count). The van der Waals surface area contributed by atoms with Gasteiger partial charge in [0.2, 0.25) is 0 Å². The van der Waals surface area contributed by atoms with E-state index in [0.717, 1.165) is 22.2 Å². The smallest absolute Gasteiger partial charge is 0.142 e. The van der Waals surface area contributed by atoms with Gasteiger partial charge in [0.25, 0.3) is 0 Å². The van der Waals surface area contributed by atoms with Crippen molar-refractivity contribution in [3.05, 3.63) is 68.7 Å². The first-order valence-electron chi connectivity index (χ1n) is 5.86. The first-order chi connectivity index (χ1) is 9.51. The number of nitrogens with two attached hydrogens (primary N) is 1. The lowest BCUT2D eigenvalue weighted by molar-refractivity contribution is 0.502. The average molecular weight is 362 g/mol. The molecule has 2 nitrogen and oxygen atoms in total. The molecule has 0 saturated carbocycles. The lowest BCUT2D eigenvalue weighted by Gasteiger charge is -2.17. The third kappa shape index (κ3) is 3.55. The van der Waals surface area contributed by atoms with E-state index in [4.69, 9.17) is 17.4 Å². The maximum atomic E-state index is 13.9. The second-order valence-electron chi connectivity index (χ2n) is 4.34. The lowest BCUT2D eigenvalue weighted by atomic mass is 9.99. The number of nitrogens with one attached hydrogen (secondary N) is 1. The topological polar surface area (TPSA) is 38.0 Å². The Morgan fingerprint density at radius 2 is 1.80 bits per heavy atom. The molecule has 0 saturated heterocycles. The minimum Gasteiger partial charge on any atom is -0.271 e. The zero-order chi connectivity index (χ0) is 14.7. The van der Waals surface area contributed by atoms with Crippen LogP contribution >= 0.6 is 27.5 Å². The van der Waals surface area contributed by atoms with Crippen molar-refractivity contribution < 1.29 is 8.78 Å². The normalized spacial score (nSPS) is 12.4. The Kier molecular flexibility index (Phi) is 5.10. The van der Waals surface area contributed by atoms with Gasteiger partial charge in [-0.2, -0.15) is 0 Å². The molecule has 0 radical (unpaired) electrons. The fourth-order valence-corrected chi connectivity index (χ4v) is 2.33. The summed E-state index contributed by atoms with van der Waals surface area (Å²) in [6, 6.07) is 9.02. The summed E-state index contributed by atoms with van der Waals surface area (Å²) in [5, 5.41) is -0.245. The van der Waals surface area contributed by atoms with Gasteiger partial charge in [0.15, 0.2) is 0 Å². The SMILES string of the molecule is NNC(Cc1ccc(Br)cc1)c1cc(F)c(Cl)cc1F. The Morgan fingerprint density at radius 1 is 1.15 bits per heavy atom. The van der Waals surface area contributed by atoms with Gasteiger partial charge in [-0.05, 0) is 36.2 Å². The highest BCUT2D eigenvalue weighted by molar-refractivity contribution is 9.10. The van der Waals surface area contributed by atoms with E-state index in [1.54, 1.807) is 0 Å². The number of hydrogen-bond donors (Lipinski definition) is 2. The standard InChI is InChI=1S/C14H12BrClF2N2/c15-9-3-1-8(2-4-9)5-14(20-19)10-6-13(18)11(16)7-12(10)17/h1-4,6-7,14,20H,5,19H2. The van der Waals surface area contributed by atoms with Crippen LogP contribution in [-0.4, -0.2) is 0 Å². The number of hydrogen-bond acceptors (Lipinski definition) is 2. The molecule has 1 unspecified atom stereocenters. The monoisotopic (exact) mass is 360 g/mol. The summed E-state index contributed by atoms with van der Waals surface area (Å²) < 4.78 is 28.3. The quantitative estimate of drug-likeness (QED) is 0.488. The number of rotatable bonds is 4. The van der Waals surface area contributed by atoms with Crippen LogP contribution in [0.2, 0.25) is 5.02 Å². The molecular weight excluding hydrogens is 350 g/mol. The molecule has 3 N–H and O–H groups in total. The van der Waals surface area contributed by atoms with E-state index in [9.17, 15) is 8.78 Å². The van der Waals surface area contributed by atoms with Crippen molar-refractivity contribution in [3.63, 3.8) is 0 Å². The molecule has 0 bridgehead atoms. The fourth-order valence-electron chi connectivity index (χ4n) is 1.92. The van der Waals surface area contributed by atoms with Crippen LogP contribution in [0.4, 0.5) is 8.78 Å². The fraction of sp³-hybridized carbons (Fsp3) is 0.143. The largest absolute Gasteiger partial charge is 0.271 e. The molecule has 106 valence electrons. The van der Waals surface area contributed by atoms with Gasteiger partial charge in [-0.25, -0.2) is 8.78 Å². The molecule has 6 heteroatoms. The van der Waals surface area contributed by atoms with Gasteiger partial charge in [-0.3, -0.25) is 11.3 Å². The van der Waals surface area contributed by atoms with E-state index in [1.165, 1.54) is 0 Å². The Hall–Kier alpha value is -1.01. The summed E-state index contributed by atoms with van der Waals surface area (Å²) in [5.41, 5.74) is 3.61. The molecule has 2 aromatic carbocycles. The van der Waals surface area contributed by atoms with Crippen LogP contribution in [0, 0.1) is 11.6 Å². The number of hydrazine groups is 1. The maximum Gasteiger partial charge on any atom is 0.142 e. The molecule has 0 spiro atoms. The molecule has 0 amide bonds. The average Bonchev–Trinajstić information content (AvgIpc) is 2.43. The molecule has 1 atom stereocenters. The summed E-state index contributed by atoms with van der Waals surface area (Å²) in [4.78, 5) is 0. The highest BCUT2D eigenvalue weighted by Gasteiger charge is 2.17.